The lowest BCUT2D eigenvalue weighted by Gasteiger charge is -2.58. The number of ether oxygens (including phenoxy) is 2. The maximum Gasteiger partial charge on any atom is 0.311 e. The summed E-state index contributed by atoms with van der Waals surface area (Å²) >= 11 is 0. The number of carbonyl (C=O) groups excluding carboxylic acids is 1. The summed E-state index contributed by atoms with van der Waals surface area (Å²) in [7, 11) is 4.09. The molecular weight excluding hydrogens is 394 g/mol. The van der Waals surface area contributed by atoms with Crippen molar-refractivity contribution in [3.63, 3.8) is 0 Å². The summed E-state index contributed by atoms with van der Waals surface area (Å²) in [6.07, 6.45) is 5.84. The number of aryl methyl sites for hydroxylation is 1. The molecule has 6 heteroatoms. The van der Waals surface area contributed by atoms with E-state index in [1.807, 2.05) is 21.0 Å². The van der Waals surface area contributed by atoms with Crippen molar-refractivity contribution in [2.75, 3.05) is 19.0 Å². The van der Waals surface area contributed by atoms with Crippen LogP contribution in [-0.4, -0.2) is 37.7 Å². The van der Waals surface area contributed by atoms with Crippen LogP contribution in [0.3, 0.4) is 0 Å². The minimum atomic E-state index is -0.830. The lowest BCUT2D eigenvalue weighted by molar-refractivity contribution is -0.559. The normalized spacial score (nSPS) is 41.3. The minimum Gasteiger partial charge on any atom is -0.432 e. The van der Waals surface area contributed by atoms with Gasteiger partial charge in [0.25, 0.3) is 0 Å². The third-order valence-electron chi connectivity index (χ3n) is 8.22. The number of esters is 1. The Hall–Kier alpha value is -1.63. The molecule has 1 saturated carbocycles. The standard InChI is InChI=1S/C25H35NO5/c1-16-8-13-21-19(7-5-6-17-9-11-18(12-10-17)26(3)4)22(27)28-23-25(21)20(16)14-15-24(2,29-23)30-31-25/h9-12,16,19-21,23H,5-8,13-15H2,1-4H3/t16-,19-,20+,21+,23-,24?,25?/m1/s1. The summed E-state index contributed by atoms with van der Waals surface area (Å²) in [5.74, 6) is -0.255. The molecule has 31 heavy (non-hydrogen) atoms. The van der Waals surface area contributed by atoms with Crippen LogP contribution >= 0.6 is 0 Å². The second-order valence-electron chi connectivity index (χ2n) is 10.4. The van der Waals surface area contributed by atoms with Crippen LogP contribution in [0.2, 0.25) is 0 Å². The van der Waals surface area contributed by atoms with Crippen LogP contribution in [0.15, 0.2) is 24.3 Å². The van der Waals surface area contributed by atoms with Crippen molar-refractivity contribution in [2.24, 2.45) is 23.7 Å². The van der Waals surface area contributed by atoms with E-state index in [0.29, 0.717) is 5.92 Å². The molecule has 2 bridgehead atoms. The van der Waals surface area contributed by atoms with Crippen molar-refractivity contribution in [2.45, 2.75) is 76.5 Å². The first kappa shape index (κ1) is 21.2. The Bertz CT molecular complexity index is 826. The molecule has 6 nitrogen and oxygen atoms in total. The molecule has 4 aliphatic heterocycles. The average Bonchev–Trinajstić information content (AvgIpc) is 2.97. The van der Waals surface area contributed by atoms with Gasteiger partial charge in [-0.05, 0) is 69.1 Å². The molecular formula is C25H35NO5. The van der Waals surface area contributed by atoms with Crippen molar-refractivity contribution in [1.29, 1.82) is 0 Å². The molecule has 0 radical (unpaired) electrons. The molecule has 0 N–H and O–H groups in total. The molecule has 5 aliphatic rings. The van der Waals surface area contributed by atoms with Crippen molar-refractivity contribution in [3.05, 3.63) is 29.8 Å². The van der Waals surface area contributed by atoms with Crippen LogP contribution in [0.25, 0.3) is 0 Å². The predicted molar refractivity (Wildman–Crippen MR) is 116 cm³/mol. The van der Waals surface area contributed by atoms with Crippen molar-refractivity contribution >= 4 is 11.7 Å². The topological polar surface area (TPSA) is 57.2 Å². The number of rotatable bonds is 5. The van der Waals surface area contributed by atoms with Gasteiger partial charge in [0.15, 0.2) is 5.60 Å². The van der Waals surface area contributed by atoms with E-state index in [-0.39, 0.29) is 23.7 Å². The molecule has 170 valence electrons. The molecule has 4 saturated heterocycles. The number of nitrogens with zero attached hydrogens (tertiary/aromatic N) is 1. The minimum absolute atomic E-state index is 0.0821. The van der Waals surface area contributed by atoms with Crippen molar-refractivity contribution < 1.29 is 24.0 Å². The van der Waals surface area contributed by atoms with E-state index in [0.717, 1.165) is 44.9 Å². The van der Waals surface area contributed by atoms with E-state index in [1.165, 1.54) is 11.3 Å². The fourth-order valence-electron chi connectivity index (χ4n) is 6.42. The number of carbonyl (C=O) groups is 1. The van der Waals surface area contributed by atoms with E-state index >= 15 is 0 Å². The number of hydrogen-bond donors (Lipinski definition) is 0. The van der Waals surface area contributed by atoms with Gasteiger partial charge in [-0.1, -0.05) is 19.1 Å². The molecule has 7 atom stereocenters. The van der Waals surface area contributed by atoms with E-state index < -0.39 is 17.7 Å². The quantitative estimate of drug-likeness (QED) is 0.509. The number of anilines is 1. The first-order chi connectivity index (χ1) is 14.8. The highest BCUT2D eigenvalue weighted by atomic mass is 17.3. The van der Waals surface area contributed by atoms with Gasteiger partial charge in [0.1, 0.15) is 0 Å². The lowest BCUT2D eigenvalue weighted by Crippen LogP contribution is -2.70. The molecule has 1 spiro atoms. The van der Waals surface area contributed by atoms with Crippen LogP contribution < -0.4 is 4.90 Å². The zero-order valence-corrected chi connectivity index (χ0v) is 19.1. The lowest BCUT2D eigenvalue weighted by atomic mass is 9.57. The summed E-state index contributed by atoms with van der Waals surface area (Å²) in [4.78, 5) is 27.2. The molecule has 0 amide bonds. The fourth-order valence-corrected chi connectivity index (χ4v) is 6.42. The van der Waals surface area contributed by atoms with Crippen molar-refractivity contribution in [1.82, 2.24) is 0 Å². The monoisotopic (exact) mass is 429 g/mol. The summed E-state index contributed by atoms with van der Waals surface area (Å²) in [6.45, 7) is 4.18. The van der Waals surface area contributed by atoms with E-state index in [1.54, 1.807) is 0 Å². The Kier molecular flexibility index (Phi) is 5.31. The van der Waals surface area contributed by atoms with Gasteiger partial charge in [0, 0.05) is 38.0 Å². The second kappa shape index (κ2) is 7.75. The number of hydrogen-bond acceptors (Lipinski definition) is 6. The smallest absolute Gasteiger partial charge is 0.311 e. The van der Waals surface area contributed by atoms with Gasteiger partial charge in [0.2, 0.25) is 12.1 Å². The SMILES string of the molecule is C[C@@H]1CC[C@H]2[C@@H](CCCc3ccc(N(C)C)cc3)C(=O)O[C@@H]3OC4(C)CC[C@@H]1C32OO4. The van der Waals surface area contributed by atoms with Gasteiger partial charge in [0.05, 0.1) is 5.92 Å². The molecule has 1 aromatic carbocycles. The predicted octanol–water partition coefficient (Wildman–Crippen LogP) is 4.46. The molecule has 0 aromatic heterocycles. The Morgan fingerprint density at radius 1 is 1.06 bits per heavy atom. The van der Waals surface area contributed by atoms with Crippen LogP contribution in [0, 0.1) is 23.7 Å². The van der Waals surface area contributed by atoms with Gasteiger partial charge in [-0.15, -0.1) is 0 Å². The molecule has 5 fully saturated rings. The third kappa shape index (κ3) is 3.47. The van der Waals surface area contributed by atoms with Gasteiger partial charge in [-0.25, -0.2) is 9.78 Å². The molecule has 2 unspecified atom stereocenters. The molecule has 1 aliphatic carbocycles. The zero-order chi connectivity index (χ0) is 21.8. The highest BCUT2D eigenvalue weighted by Crippen LogP contribution is 2.60. The van der Waals surface area contributed by atoms with Gasteiger partial charge in [-0.2, -0.15) is 0 Å². The number of benzene rings is 1. The average molecular weight is 430 g/mol. The molecule has 6 rings (SSSR count). The Morgan fingerprint density at radius 3 is 2.58 bits per heavy atom. The largest absolute Gasteiger partial charge is 0.432 e. The van der Waals surface area contributed by atoms with Crippen LogP contribution in [-0.2, 0) is 30.5 Å². The van der Waals surface area contributed by atoms with E-state index in [2.05, 4.69) is 36.1 Å². The third-order valence-corrected chi connectivity index (χ3v) is 8.22. The molecule has 4 heterocycles. The maximum absolute atomic E-state index is 13.1. The van der Waals surface area contributed by atoms with Crippen LogP contribution in [0.5, 0.6) is 0 Å². The first-order valence-electron chi connectivity index (χ1n) is 11.8. The second-order valence-corrected chi connectivity index (χ2v) is 10.4. The van der Waals surface area contributed by atoms with Crippen LogP contribution in [0.4, 0.5) is 5.69 Å². The Balaban J connectivity index is 1.33. The van der Waals surface area contributed by atoms with Gasteiger partial charge in [-0.3, -0.25) is 4.79 Å². The van der Waals surface area contributed by atoms with Gasteiger partial charge < -0.3 is 14.4 Å². The summed E-state index contributed by atoms with van der Waals surface area (Å²) in [6, 6.07) is 8.65. The first-order valence-corrected chi connectivity index (χ1v) is 11.8. The van der Waals surface area contributed by atoms with E-state index in [4.69, 9.17) is 19.2 Å². The van der Waals surface area contributed by atoms with Crippen molar-refractivity contribution in [3.8, 4) is 0 Å². The fraction of sp³-hybridized carbons (Fsp3) is 0.720. The highest BCUT2D eigenvalue weighted by Gasteiger charge is 2.70. The van der Waals surface area contributed by atoms with Gasteiger partial charge >= 0.3 is 5.97 Å². The highest BCUT2D eigenvalue weighted by molar-refractivity contribution is 5.74. The summed E-state index contributed by atoms with van der Waals surface area (Å²) < 4.78 is 12.1. The summed E-state index contributed by atoms with van der Waals surface area (Å²) in [5, 5.41) is 0. The Morgan fingerprint density at radius 2 is 1.84 bits per heavy atom. The molecule has 1 aromatic rings. The Labute approximate surface area is 185 Å². The number of fused-ring (bicyclic) bond motifs is 2. The summed E-state index contributed by atoms with van der Waals surface area (Å²) in [5.41, 5.74) is 1.83. The van der Waals surface area contributed by atoms with Crippen LogP contribution in [0.1, 0.15) is 57.9 Å². The van der Waals surface area contributed by atoms with E-state index in [9.17, 15) is 4.79 Å². The maximum atomic E-state index is 13.1. The zero-order valence-electron chi connectivity index (χ0n) is 19.1.